The zero-order chi connectivity index (χ0) is 14.6. The number of amides is 1. The van der Waals surface area contributed by atoms with Gasteiger partial charge < -0.3 is 11.1 Å². The number of nitriles is 1. The van der Waals surface area contributed by atoms with E-state index in [1.165, 1.54) is 18.2 Å². The van der Waals surface area contributed by atoms with Crippen molar-refractivity contribution in [2.45, 2.75) is 4.90 Å². The highest BCUT2D eigenvalue weighted by Gasteiger charge is 2.20. The van der Waals surface area contributed by atoms with Gasteiger partial charge in [0, 0.05) is 11.9 Å². The van der Waals surface area contributed by atoms with Crippen molar-refractivity contribution in [3.8, 4) is 6.07 Å². The second kappa shape index (κ2) is 5.77. The number of thiocarbonyl (C=S) groups is 1. The molecule has 0 fully saturated rings. The van der Waals surface area contributed by atoms with E-state index in [1.807, 2.05) is 0 Å². The van der Waals surface area contributed by atoms with Crippen molar-refractivity contribution in [1.82, 2.24) is 0 Å². The van der Waals surface area contributed by atoms with Crippen molar-refractivity contribution in [1.29, 1.82) is 5.26 Å². The summed E-state index contributed by atoms with van der Waals surface area (Å²) >= 11 is 4.89. The Labute approximate surface area is 116 Å². The van der Waals surface area contributed by atoms with E-state index in [0.29, 0.717) is 5.69 Å². The largest absolute Gasteiger partial charge is 0.368 e. The van der Waals surface area contributed by atoms with Gasteiger partial charge in [-0.05, 0) is 18.2 Å². The highest BCUT2D eigenvalue weighted by molar-refractivity contribution is 7.90. The fourth-order valence-corrected chi connectivity index (χ4v) is 2.22. The Hall–Kier alpha value is -1.98. The number of nitrogens with one attached hydrogen (secondary N) is 1. The quantitative estimate of drug-likeness (QED) is 0.780. The maximum atomic E-state index is 11.4. The molecule has 0 saturated carbocycles. The van der Waals surface area contributed by atoms with Gasteiger partial charge in [-0.1, -0.05) is 18.3 Å². The van der Waals surface area contributed by atoms with Crippen LogP contribution in [0.4, 0.5) is 5.69 Å². The third-order valence-corrected chi connectivity index (χ3v) is 3.65. The summed E-state index contributed by atoms with van der Waals surface area (Å²) in [5.74, 6) is -2.11. The summed E-state index contributed by atoms with van der Waals surface area (Å²) in [5, 5.41) is 11.4. The lowest BCUT2D eigenvalue weighted by atomic mass is 10.1. The summed E-state index contributed by atoms with van der Waals surface area (Å²) in [6.07, 6.45) is 1.08. The van der Waals surface area contributed by atoms with Gasteiger partial charge in [0.2, 0.25) is 5.91 Å². The van der Waals surface area contributed by atoms with Crippen molar-refractivity contribution in [3.05, 3.63) is 24.3 Å². The normalized spacial score (nSPS) is 12.2. The van der Waals surface area contributed by atoms with Crippen LogP contribution in [0.2, 0.25) is 0 Å². The van der Waals surface area contributed by atoms with E-state index in [-0.39, 0.29) is 9.88 Å². The number of rotatable bonds is 4. The summed E-state index contributed by atoms with van der Waals surface area (Å²) in [6, 6.07) is 7.54. The lowest BCUT2D eigenvalue weighted by molar-refractivity contribution is -0.118. The predicted molar refractivity (Wildman–Crippen MR) is 74.1 cm³/mol. The highest BCUT2D eigenvalue weighted by Crippen LogP contribution is 2.16. The Balaban J connectivity index is 2.99. The van der Waals surface area contributed by atoms with Crippen LogP contribution in [0.5, 0.6) is 0 Å². The minimum Gasteiger partial charge on any atom is -0.368 e. The fourth-order valence-electron chi connectivity index (χ4n) is 1.27. The predicted octanol–water partition coefficient (Wildman–Crippen LogP) is 0.454. The Bertz CT molecular complexity index is 662. The van der Waals surface area contributed by atoms with Gasteiger partial charge in [-0.3, -0.25) is 4.79 Å². The first-order valence-electron chi connectivity index (χ1n) is 5.05. The van der Waals surface area contributed by atoms with Crippen LogP contribution in [0.25, 0.3) is 0 Å². The fraction of sp³-hybridized carbons (Fsp3) is 0.182. The average molecular weight is 297 g/mol. The molecule has 8 heteroatoms. The lowest BCUT2D eigenvalue weighted by Crippen LogP contribution is -2.32. The van der Waals surface area contributed by atoms with Gasteiger partial charge in [-0.25, -0.2) is 8.42 Å². The number of carbonyl (C=O) groups is 1. The van der Waals surface area contributed by atoms with Crippen LogP contribution in [0, 0.1) is 17.2 Å². The molecule has 19 heavy (non-hydrogen) atoms. The van der Waals surface area contributed by atoms with Crippen LogP contribution in [-0.4, -0.2) is 25.6 Å². The molecule has 0 aromatic heterocycles. The van der Waals surface area contributed by atoms with E-state index < -0.39 is 21.7 Å². The number of nitrogens with two attached hydrogens (primary N) is 1. The first kappa shape index (κ1) is 15.1. The average Bonchev–Trinajstić information content (AvgIpc) is 2.28. The molecule has 0 spiro atoms. The van der Waals surface area contributed by atoms with Gasteiger partial charge in [0.25, 0.3) is 0 Å². The summed E-state index contributed by atoms with van der Waals surface area (Å²) in [5.41, 5.74) is 5.39. The van der Waals surface area contributed by atoms with Crippen LogP contribution in [0.15, 0.2) is 29.2 Å². The summed E-state index contributed by atoms with van der Waals surface area (Å²) in [6.45, 7) is 0. The molecular weight excluding hydrogens is 286 g/mol. The first-order valence-corrected chi connectivity index (χ1v) is 7.35. The molecule has 1 rings (SSSR count). The van der Waals surface area contributed by atoms with Crippen molar-refractivity contribution in [3.63, 3.8) is 0 Å². The van der Waals surface area contributed by atoms with Crippen molar-refractivity contribution < 1.29 is 13.2 Å². The maximum absolute atomic E-state index is 11.4. The number of anilines is 1. The first-order chi connectivity index (χ1) is 8.75. The zero-order valence-electron chi connectivity index (χ0n) is 9.95. The van der Waals surface area contributed by atoms with Crippen LogP contribution >= 0.6 is 12.2 Å². The highest BCUT2D eigenvalue weighted by atomic mass is 32.2. The van der Waals surface area contributed by atoms with E-state index in [9.17, 15) is 13.2 Å². The molecule has 0 aliphatic heterocycles. The van der Waals surface area contributed by atoms with Crippen LogP contribution in [-0.2, 0) is 14.6 Å². The summed E-state index contributed by atoms with van der Waals surface area (Å²) < 4.78 is 22.8. The SMILES string of the molecule is CS(=O)(=O)c1cccc(NC(=S)C(C#N)C(N)=O)c1. The summed E-state index contributed by atoms with van der Waals surface area (Å²) in [4.78, 5) is 11.0. The van der Waals surface area contributed by atoms with Gasteiger partial charge in [-0.2, -0.15) is 5.26 Å². The standard InChI is InChI=1S/C11H11N3O3S2/c1-19(16,17)8-4-2-3-7(5-8)14-11(18)9(6-12)10(13)15/h2-5,9H,1H3,(H2,13,15)(H,14,18). The number of nitrogens with zero attached hydrogens (tertiary/aromatic N) is 1. The third kappa shape index (κ3) is 4.01. The molecule has 0 bridgehead atoms. The van der Waals surface area contributed by atoms with Crippen LogP contribution in [0.1, 0.15) is 0 Å². The van der Waals surface area contributed by atoms with Crippen LogP contribution in [0.3, 0.4) is 0 Å². The Morgan fingerprint density at radius 3 is 2.63 bits per heavy atom. The van der Waals surface area contributed by atoms with E-state index in [4.69, 9.17) is 23.2 Å². The van der Waals surface area contributed by atoms with Gasteiger partial charge in [0.15, 0.2) is 15.8 Å². The van der Waals surface area contributed by atoms with Gasteiger partial charge >= 0.3 is 0 Å². The maximum Gasteiger partial charge on any atom is 0.241 e. The molecular formula is C11H11N3O3S2. The van der Waals surface area contributed by atoms with Gasteiger partial charge in [0.1, 0.15) is 4.99 Å². The lowest BCUT2D eigenvalue weighted by Gasteiger charge is -2.11. The van der Waals surface area contributed by atoms with Crippen molar-refractivity contribution >= 4 is 38.6 Å². The second-order valence-corrected chi connectivity index (χ2v) is 6.21. The Kier molecular flexibility index (Phi) is 4.58. The number of carbonyl (C=O) groups excluding carboxylic acids is 1. The molecule has 0 heterocycles. The Morgan fingerprint density at radius 1 is 1.53 bits per heavy atom. The number of hydrogen-bond acceptors (Lipinski definition) is 5. The topological polar surface area (TPSA) is 113 Å². The molecule has 1 aromatic carbocycles. The van der Waals surface area contributed by atoms with Crippen LogP contribution < -0.4 is 11.1 Å². The van der Waals surface area contributed by atoms with Crippen molar-refractivity contribution in [2.24, 2.45) is 11.7 Å². The molecule has 100 valence electrons. The molecule has 0 aliphatic carbocycles. The van der Waals surface area contributed by atoms with Gasteiger partial charge in [-0.15, -0.1) is 0 Å². The smallest absolute Gasteiger partial charge is 0.241 e. The molecule has 1 aromatic rings. The van der Waals surface area contributed by atoms with E-state index >= 15 is 0 Å². The van der Waals surface area contributed by atoms with E-state index in [1.54, 1.807) is 12.1 Å². The Morgan fingerprint density at radius 2 is 2.16 bits per heavy atom. The molecule has 0 radical (unpaired) electrons. The molecule has 3 N–H and O–H groups in total. The number of benzene rings is 1. The molecule has 0 aliphatic rings. The molecule has 6 nitrogen and oxygen atoms in total. The monoisotopic (exact) mass is 297 g/mol. The third-order valence-electron chi connectivity index (χ3n) is 2.21. The van der Waals surface area contributed by atoms with E-state index in [2.05, 4.69) is 5.32 Å². The second-order valence-electron chi connectivity index (χ2n) is 3.75. The number of sulfone groups is 1. The molecule has 1 unspecified atom stereocenters. The molecule has 1 atom stereocenters. The molecule has 1 amide bonds. The van der Waals surface area contributed by atoms with E-state index in [0.717, 1.165) is 6.26 Å². The summed E-state index contributed by atoms with van der Waals surface area (Å²) in [7, 11) is -3.34. The van der Waals surface area contributed by atoms with Crippen molar-refractivity contribution in [2.75, 3.05) is 11.6 Å². The molecule has 0 saturated heterocycles. The van der Waals surface area contributed by atoms with Gasteiger partial charge in [0.05, 0.1) is 11.0 Å². The number of hydrogen-bond donors (Lipinski definition) is 2. The minimum atomic E-state index is -3.34. The zero-order valence-corrected chi connectivity index (χ0v) is 11.6. The number of primary amides is 1. The minimum absolute atomic E-state index is 0.0688.